The molecular weight excluding hydrogens is 832 g/mol. The maximum atomic E-state index is 2.91. The van der Waals surface area contributed by atoms with Crippen LogP contribution in [0.5, 0.6) is 0 Å². The van der Waals surface area contributed by atoms with Crippen LogP contribution in [0, 0.1) is 6.92 Å². The van der Waals surface area contributed by atoms with E-state index in [0.29, 0.717) is 0 Å². The first-order valence-corrected chi connectivity index (χ1v) is 26.1. The van der Waals surface area contributed by atoms with Crippen LogP contribution in [-0.4, -0.2) is 12.3 Å². The molecule has 3 heteroatoms. The van der Waals surface area contributed by atoms with E-state index in [4.69, 9.17) is 0 Å². The van der Waals surface area contributed by atoms with E-state index in [1.807, 2.05) is 0 Å². The summed E-state index contributed by atoms with van der Waals surface area (Å²) in [5, 5.41) is 0. The number of rotatable bonds is 3. The van der Waals surface area contributed by atoms with E-state index < -0.39 is 0 Å². The summed E-state index contributed by atoms with van der Waals surface area (Å²) in [6, 6.07) is 50.6. The normalized spacial score (nSPS) is 20.5. The Hall–Kier alpha value is -5.80. The Kier molecular flexibility index (Phi) is 9.27. The highest BCUT2D eigenvalue weighted by Gasteiger charge is 2.62. The number of hydrogen-bond acceptors (Lipinski definition) is 2. The number of hydrogen-bond donors (Lipinski definition) is 0. The van der Waals surface area contributed by atoms with E-state index in [9.17, 15) is 0 Å². The van der Waals surface area contributed by atoms with Gasteiger partial charge in [-0.2, -0.15) is 0 Å². The van der Waals surface area contributed by atoms with Gasteiger partial charge in [-0.15, -0.1) is 0 Å². The average Bonchev–Trinajstić information content (AvgIpc) is 3.67. The summed E-state index contributed by atoms with van der Waals surface area (Å²) in [5.41, 5.74) is 28.4. The van der Waals surface area contributed by atoms with Crippen molar-refractivity contribution in [2.75, 3.05) is 9.80 Å². The van der Waals surface area contributed by atoms with Crippen LogP contribution in [-0.2, 0) is 27.1 Å². The van der Waals surface area contributed by atoms with E-state index in [1.165, 1.54) is 137 Å². The van der Waals surface area contributed by atoms with Crippen molar-refractivity contribution in [1.82, 2.24) is 0 Å². The Labute approximate surface area is 414 Å². The van der Waals surface area contributed by atoms with Crippen molar-refractivity contribution < 1.29 is 0 Å². The lowest BCUT2D eigenvalue weighted by molar-refractivity contribution is 0.195. The summed E-state index contributed by atoms with van der Waals surface area (Å²) in [7, 11) is 0. The van der Waals surface area contributed by atoms with Crippen LogP contribution in [0.3, 0.4) is 0 Å². The van der Waals surface area contributed by atoms with Gasteiger partial charge in [0.25, 0.3) is 6.71 Å². The standard InChI is InChI=1S/C66H71BN2/c1-40-33-54-57-55(34-40)69-59-51(65(13)31-21-22-32-66(65,69)14)38-45(63(8,9)10)39-53(59)67(57)52-30-29-47-46-28-27-43(61(2,3)4)37-50(46)64(11,12)56(47)60(52)68(54)58-48(41-23-17-15-18-24-41)35-44(62(5,6)7)36-49(58)42-25-19-16-20-26-42/h15-20,23-30,33-39H,21-22,31-32H2,1-14H3. The first-order chi connectivity index (χ1) is 32.5. The average molecular weight is 903 g/mol. The Morgan fingerprint density at radius 2 is 1.03 bits per heavy atom. The van der Waals surface area contributed by atoms with Gasteiger partial charge < -0.3 is 9.80 Å². The third kappa shape index (κ3) is 6.10. The van der Waals surface area contributed by atoms with Gasteiger partial charge in [0, 0.05) is 44.7 Å². The zero-order chi connectivity index (χ0) is 48.5. The molecule has 0 spiro atoms. The number of nitrogens with zero attached hydrogens (tertiary/aromatic N) is 2. The lowest BCUT2D eigenvalue weighted by Crippen LogP contribution is -2.65. The van der Waals surface area contributed by atoms with Crippen molar-refractivity contribution in [2.45, 2.75) is 155 Å². The summed E-state index contributed by atoms with van der Waals surface area (Å²) < 4.78 is 0. The smallest absolute Gasteiger partial charge is 0.252 e. The summed E-state index contributed by atoms with van der Waals surface area (Å²) in [4.78, 5) is 5.73. The van der Waals surface area contributed by atoms with Crippen molar-refractivity contribution in [2.24, 2.45) is 0 Å². The summed E-state index contributed by atoms with van der Waals surface area (Å²) in [6.07, 6.45) is 4.91. The molecule has 2 nitrogen and oxygen atoms in total. The van der Waals surface area contributed by atoms with Crippen LogP contribution >= 0.6 is 0 Å². The quantitative estimate of drug-likeness (QED) is 0.163. The van der Waals surface area contributed by atoms with Gasteiger partial charge in [-0.25, -0.2) is 0 Å². The zero-order valence-corrected chi connectivity index (χ0v) is 43.9. The predicted molar refractivity (Wildman–Crippen MR) is 298 cm³/mol. The molecule has 0 aromatic heterocycles. The fourth-order valence-corrected chi connectivity index (χ4v) is 14.0. The van der Waals surface area contributed by atoms with Crippen molar-refractivity contribution in [3.05, 3.63) is 166 Å². The lowest BCUT2D eigenvalue weighted by atomic mass is 9.33. The Morgan fingerprint density at radius 3 is 1.64 bits per heavy atom. The van der Waals surface area contributed by atoms with E-state index >= 15 is 0 Å². The molecule has 7 aromatic carbocycles. The first kappa shape index (κ1) is 44.4. The van der Waals surface area contributed by atoms with Crippen molar-refractivity contribution in [3.8, 4) is 33.4 Å². The van der Waals surface area contributed by atoms with Gasteiger partial charge in [0.05, 0.1) is 11.2 Å². The molecule has 2 atom stereocenters. The Morgan fingerprint density at radius 1 is 0.478 bits per heavy atom. The van der Waals surface area contributed by atoms with Crippen molar-refractivity contribution in [1.29, 1.82) is 0 Å². The summed E-state index contributed by atoms with van der Waals surface area (Å²) in [6.45, 7) is 34.2. The van der Waals surface area contributed by atoms with Crippen LogP contribution in [0.25, 0.3) is 33.4 Å². The number of aryl methyl sites for hydroxylation is 1. The highest BCUT2D eigenvalue weighted by Crippen LogP contribution is 2.64. The topological polar surface area (TPSA) is 6.48 Å². The van der Waals surface area contributed by atoms with E-state index in [-0.39, 0.29) is 39.3 Å². The van der Waals surface area contributed by atoms with Gasteiger partial charge in [0.2, 0.25) is 0 Å². The second kappa shape index (κ2) is 14.4. The molecule has 348 valence electrons. The fourth-order valence-electron chi connectivity index (χ4n) is 14.0. The van der Waals surface area contributed by atoms with Crippen molar-refractivity contribution >= 4 is 51.5 Å². The lowest BCUT2D eigenvalue weighted by Gasteiger charge is -2.53. The van der Waals surface area contributed by atoms with Gasteiger partial charge in [-0.05, 0) is 145 Å². The third-order valence-electron chi connectivity index (χ3n) is 18.0. The highest BCUT2D eigenvalue weighted by atomic mass is 15.3. The highest BCUT2D eigenvalue weighted by molar-refractivity contribution is 7.00. The molecule has 0 saturated heterocycles. The van der Waals surface area contributed by atoms with Crippen LogP contribution < -0.4 is 26.2 Å². The monoisotopic (exact) mass is 903 g/mol. The molecule has 0 bridgehead atoms. The number of anilines is 5. The third-order valence-corrected chi connectivity index (χ3v) is 18.0. The minimum absolute atomic E-state index is 0.0132. The number of benzene rings is 7. The Balaban J connectivity index is 1.28. The first-order valence-electron chi connectivity index (χ1n) is 26.1. The molecule has 0 N–H and O–H groups in total. The van der Waals surface area contributed by atoms with Gasteiger partial charge in [-0.1, -0.05) is 199 Å². The van der Waals surface area contributed by atoms with Crippen LogP contribution in [0.4, 0.5) is 28.4 Å². The van der Waals surface area contributed by atoms with Crippen LogP contribution in [0.2, 0.25) is 0 Å². The van der Waals surface area contributed by atoms with Crippen LogP contribution in [0.15, 0.2) is 127 Å². The maximum Gasteiger partial charge on any atom is 0.252 e. The largest absolute Gasteiger partial charge is 0.335 e. The molecule has 2 unspecified atom stereocenters. The SMILES string of the molecule is Cc1cc2c3c(c1)N1c4c(cc(C(C)(C)C)cc4C4(C)CCCCC14C)B3c1ccc3c(c1N2c1c(-c2ccccc2)cc(C(C)(C)C)cc1-c1ccccc1)C(C)(C)c1cc(C(C)(C)C)ccc1-3. The molecule has 3 heterocycles. The van der Waals surface area contributed by atoms with E-state index in [2.05, 4.69) is 234 Å². The van der Waals surface area contributed by atoms with Crippen LogP contribution in [0.1, 0.15) is 155 Å². The zero-order valence-electron chi connectivity index (χ0n) is 43.9. The summed E-state index contributed by atoms with van der Waals surface area (Å²) in [5.74, 6) is 0. The second-order valence-electron chi connectivity index (χ2n) is 25.8. The summed E-state index contributed by atoms with van der Waals surface area (Å²) >= 11 is 0. The molecule has 1 saturated carbocycles. The van der Waals surface area contributed by atoms with Gasteiger partial charge in [0.1, 0.15) is 0 Å². The maximum absolute atomic E-state index is 2.91. The molecule has 0 amide bonds. The van der Waals surface area contributed by atoms with Gasteiger partial charge in [-0.3, -0.25) is 0 Å². The van der Waals surface area contributed by atoms with Crippen molar-refractivity contribution in [3.63, 3.8) is 0 Å². The molecule has 0 radical (unpaired) electrons. The van der Waals surface area contributed by atoms with E-state index in [1.54, 1.807) is 5.56 Å². The van der Waals surface area contributed by atoms with Gasteiger partial charge >= 0.3 is 0 Å². The molecule has 3 aliphatic heterocycles. The molecule has 7 aromatic rings. The molecular formula is C66H71BN2. The fraction of sp³-hybridized carbons (Fsp3) is 0.364. The predicted octanol–water partition coefficient (Wildman–Crippen LogP) is 15.9. The minimum Gasteiger partial charge on any atom is -0.335 e. The molecule has 69 heavy (non-hydrogen) atoms. The molecule has 1 fully saturated rings. The molecule has 12 rings (SSSR count). The molecule has 5 aliphatic rings. The minimum atomic E-state index is -0.295. The Bertz CT molecular complexity index is 3240. The number of fused-ring (bicyclic) bond motifs is 11. The van der Waals surface area contributed by atoms with E-state index in [0.717, 1.165) is 0 Å². The van der Waals surface area contributed by atoms with Gasteiger partial charge in [0.15, 0.2) is 0 Å². The second-order valence-corrected chi connectivity index (χ2v) is 25.8. The molecule has 2 aliphatic carbocycles.